The van der Waals surface area contributed by atoms with E-state index in [0.29, 0.717) is 0 Å². The second-order valence-corrected chi connectivity index (χ2v) is 4.35. The predicted octanol–water partition coefficient (Wildman–Crippen LogP) is 3.93. The summed E-state index contributed by atoms with van der Waals surface area (Å²) >= 11 is 5.76. The van der Waals surface area contributed by atoms with Gasteiger partial charge >= 0.3 is 0 Å². The van der Waals surface area contributed by atoms with Gasteiger partial charge in [0.2, 0.25) is 0 Å². The Morgan fingerprint density at radius 1 is 1.00 bits per heavy atom. The molecular weight excluding hydrogens is 256 g/mol. The Hall–Kier alpha value is -1.45. The van der Waals surface area contributed by atoms with Gasteiger partial charge in [0.25, 0.3) is 0 Å². The maximum absolute atomic E-state index is 13.1. The minimum absolute atomic E-state index is 0.0786. The maximum Gasteiger partial charge on any atom is 0.141 e. The minimum Gasteiger partial charge on any atom is -0.309 e. The summed E-state index contributed by atoms with van der Waals surface area (Å²) in [6, 6.07) is 10.6. The van der Waals surface area contributed by atoms with Crippen molar-refractivity contribution in [3.8, 4) is 0 Å². The fourth-order valence-electron chi connectivity index (χ4n) is 1.87. The van der Waals surface area contributed by atoms with Crippen molar-refractivity contribution in [2.45, 2.75) is 6.04 Å². The summed E-state index contributed by atoms with van der Waals surface area (Å²) < 4.78 is 26.0. The first-order chi connectivity index (χ1) is 8.61. The lowest BCUT2D eigenvalue weighted by molar-refractivity contribution is 0.620. The topological polar surface area (TPSA) is 12.0 Å². The summed E-state index contributed by atoms with van der Waals surface area (Å²) in [5.41, 5.74) is 1.72. The highest BCUT2D eigenvalue weighted by molar-refractivity contribution is 6.30. The molecule has 0 saturated carbocycles. The van der Waals surface area contributed by atoms with Crippen LogP contribution >= 0.6 is 11.6 Å². The minimum atomic E-state index is -0.450. The number of hydrogen-bond acceptors (Lipinski definition) is 1. The lowest BCUT2D eigenvalue weighted by atomic mass is 9.99. The average Bonchev–Trinajstić information content (AvgIpc) is 2.37. The van der Waals surface area contributed by atoms with Crippen LogP contribution in [0.5, 0.6) is 0 Å². The van der Waals surface area contributed by atoms with Gasteiger partial charge < -0.3 is 5.32 Å². The lowest BCUT2D eigenvalue weighted by Crippen LogP contribution is -2.17. The number of halogens is 3. The summed E-state index contributed by atoms with van der Waals surface area (Å²) in [7, 11) is 1.78. The molecule has 2 rings (SSSR count). The van der Waals surface area contributed by atoms with E-state index in [1.807, 2.05) is 0 Å². The van der Waals surface area contributed by atoms with Crippen molar-refractivity contribution < 1.29 is 8.78 Å². The van der Waals surface area contributed by atoms with Crippen molar-refractivity contribution in [3.63, 3.8) is 0 Å². The van der Waals surface area contributed by atoms with Crippen molar-refractivity contribution in [1.82, 2.24) is 5.32 Å². The van der Waals surface area contributed by atoms with Gasteiger partial charge in [-0.05, 0) is 42.4 Å². The van der Waals surface area contributed by atoms with Crippen molar-refractivity contribution in [2.24, 2.45) is 0 Å². The van der Waals surface area contributed by atoms with E-state index < -0.39 is 5.82 Å². The second kappa shape index (κ2) is 5.46. The Labute approximate surface area is 109 Å². The molecule has 2 aromatic carbocycles. The number of nitrogens with one attached hydrogen (secondary N) is 1. The Morgan fingerprint density at radius 2 is 1.61 bits per heavy atom. The quantitative estimate of drug-likeness (QED) is 0.889. The van der Waals surface area contributed by atoms with E-state index in [2.05, 4.69) is 5.32 Å². The van der Waals surface area contributed by atoms with Gasteiger partial charge in [-0.1, -0.05) is 29.8 Å². The molecule has 1 N–H and O–H groups in total. The van der Waals surface area contributed by atoms with Crippen molar-refractivity contribution in [2.75, 3.05) is 7.05 Å². The van der Waals surface area contributed by atoms with Crippen molar-refractivity contribution in [3.05, 3.63) is 70.2 Å². The zero-order valence-corrected chi connectivity index (χ0v) is 10.5. The summed E-state index contributed by atoms with van der Waals surface area (Å²) in [5.74, 6) is -0.736. The van der Waals surface area contributed by atoms with Gasteiger partial charge in [0.1, 0.15) is 11.6 Å². The van der Waals surface area contributed by atoms with Gasteiger partial charge in [-0.2, -0.15) is 0 Å². The van der Waals surface area contributed by atoms with Gasteiger partial charge in [0.15, 0.2) is 0 Å². The molecule has 0 bridgehead atoms. The third-order valence-electron chi connectivity index (χ3n) is 2.77. The molecule has 0 heterocycles. The molecule has 0 aliphatic rings. The first kappa shape index (κ1) is 13.0. The number of hydrogen-bond donors (Lipinski definition) is 1. The molecule has 1 unspecified atom stereocenters. The lowest BCUT2D eigenvalue weighted by Gasteiger charge is -2.17. The van der Waals surface area contributed by atoms with Gasteiger partial charge in [0, 0.05) is 0 Å². The molecule has 94 valence electrons. The SMILES string of the molecule is CNC(c1ccc(F)cc1)c1ccc(F)c(Cl)c1. The largest absolute Gasteiger partial charge is 0.309 e. The molecular formula is C14H12ClF2N. The highest BCUT2D eigenvalue weighted by Gasteiger charge is 2.13. The zero-order valence-electron chi connectivity index (χ0n) is 9.75. The fourth-order valence-corrected chi connectivity index (χ4v) is 2.06. The molecule has 1 atom stereocenters. The van der Waals surface area contributed by atoms with E-state index >= 15 is 0 Å². The van der Waals surface area contributed by atoms with Crippen LogP contribution in [0.3, 0.4) is 0 Å². The normalized spacial score (nSPS) is 12.4. The maximum atomic E-state index is 13.1. The Kier molecular flexibility index (Phi) is 3.94. The van der Waals surface area contributed by atoms with E-state index in [1.54, 1.807) is 31.3 Å². The monoisotopic (exact) mass is 267 g/mol. The van der Waals surface area contributed by atoms with Crippen LogP contribution in [-0.2, 0) is 0 Å². The molecule has 1 nitrogen and oxygen atoms in total. The highest BCUT2D eigenvalue weighted by Crippen LogP contribution is 2.25. The van der Waals surface area contributed by atoms with Gasteiger partial charge in [-0.3, -0.25) is 0 Å². The molecule has 0 aliphatic carbocycles. The van der Waals surface area contributed by atoms with Gasteiger partial charge in [-0.25, -0.2) is 8.78 Å². The summed E-state index contributed by atoms with van der Waals surface area (Å²) in [5, 5.41) is 3.18. The van der Waals surface area contributed by atoms with Crippen LogP contribution in [-0.4, -0.2) is 7.05 Å². The molecule has 0 saturated heterocycles. The van der Waals surface area contributed by atoms with E-state index in [9.17, 15) is 8.78 Å². The van der Waals surface area contributed by atoms with Crippen LogP contribution < -0.4 is 5.32 Å². The summed E-state index contributed by atoms with van der Waals surface area (Å²) in [6.45, 7) is 0. The smallest absolute Gasteiger partial charge is 0.141 e. The van der Waals surface area contributed by atoms with Crippen LogP contribution in [0.25, 0.3) is 0 Å². The van der Waals surface area contributed by atoms with E-state index in [4.69, 9.17) is 11.6 Å². The van der Waals surface area contributed by atoms with Crippen molar-refractivity contribution in [1.29, 1.82) is 0 Å². The van der Waals surface area contributed by atoms with Crippen LogP contribution in [0.15, 0.2) is 42.5 Å². The molecule has 4 heteroatoms. The zero-order chi connectivity index (χ0) is 13.1. The standard InChI is InChI=1S/C14H12ClF2N/c1-18-14(9-2-5-11(16)6-3-9)10-4-7-13(17)12(15)8-10/h2-8,14,18H,1H3. The predicted molar refractivity (Wildman–Crippen MR) is 68.7 cm³/mol. The molecule has 0 radical (unpaired) electrons. The average molecular weight is 268 g/mol. The van der Waals surface area contributed by atoms with Crippen LogP contribution in [0.2, 0.25) is 5.02 Å². The molecule has 0 aliphatic heterocycles. The molecule has 0 aromatic heterocycles. The van der Waals surface area contributed by atoms with Crippen LogP contribution in [0.4, 0.5) is 8.78 Å². The van der Waals surface area contributed by atoms with Crippen LogP contribution in [0, 0.1) is 11.6 Å². The van der Waals surface area contributed by atoms with Crippen molar-refractivity contribution >= 4 is 11.6 Å². The molecule has 2 aromatic rings. The van der Waals surface area contributed by atoms with E-state index in [0.717, 1.165) is 11.1 Å². The van der Waals surface area contributed by atoms with Crippen LogP contribution in [0.1, 0.15) is 17.2 Å². The number of benzene rings is 2. The molecule has 18 heavy (non-hydrogen) atoms. The Morgan fingerprint density at radius 3 is 2.17 bits per heavy atom. The van der Waals surface area contributed by atoms with Gasteiger partial charge in [0.05, 0.1) is 11.1 Å². The number of rotatable bonds is 3. The van der Waals surface area contributed by atoms with Gasteiger partial charge in [-0.15, -0.1) is 0 Å². The third kappa shape index (κ3) is 2.68. The molecule has 0 fully saturated rings. The second-order valence-electron chi connectivity index (χ2n) is 3.95. The van der Waals surface area contributed by atoms with E-state index in [-0.39, 0.29) is 16.9 Å². The summed E-state index contributed by atoms with van der Waals surface area (Å²) in [4.78, 5) is 0. The summed E-state index contributed by atoms with van der Waals surface area (Å²) in [6.07, 6.45) is 0. The third-order valence-corrected chi connectivity index (χ3v) is 3.06. The molecule has 0 amide bonds. The first-order valence-electron chi connectivity index (χ1n) is 5.49. The first-order valence-corrected chi connectivity index (χ1v) is 5.87. The Balaban J connectivity index is 2.38. The fraction of sp³-hybridized carbons (Fsp3) is 0.143. The highest BCUT2D eigenvalue weighted by atomic mass is 35.5. The van der Waals surface area contributed by atoms with E-state index in [1.165, 1.54) is 18.2 Å². The molecule has 0 spiro atoms. The Bertz CT molecular complexity index is 540.